The number of hydrogen-bond donors (Lipinski definition) is 1. The molecule has 3 rings (SSSR count). The van der Waals surface area contributed by atoms with E-state index >= 15 is 0 Å². The lowest BCUT2D eigenvalue weighted by atomic mass is 10.2. The molecule has 0 bridgehead atoms. The number of nitrogens with two attached hydrogens (primary N) is 1. The highest BCUT2D eigenvalue weighted by Gasteiger charge is 2.11. The van der Waals surface area contributed by atoms with E-state index in [0.29, 0.717) is 6.54 Å². The molecule has 0 aliphatic rings. The molecule has 19 heavy (non-hydrogen) atoms. The van der Waals surface area contributed by atoms with Gasteiger partial charge in [0.2, 0.25) is 5.95 Å². The van der Waals surface area contributed by atoms with Crippen molar-refractivity contribution < 1.29 is 4.42 Å². The van der Waals surface area contributed by atoms with Crippen molar-refractivity contribution in [2.45, 2.75) is 6.54 Å². The second-order valence-electron chi connectivity index (χ2n) is 4.41. The third kappa shape index (κ3) is 2.22. The third-order valence-corrected chi connectivity index (χ3v) is 2.96. The van der Waals surface area contributed by atoms with Crippen LogP contribution in [-0.4, -0.2) is 17.0 Å². The summed E-state index contributed by atoms with van der Waals surface area (Å²) in [5.41, 5.74) is 7.71. The van der Waals surface area contributed by atoms with E-state index in [4.69, 9.17) is 10.2 Å². The van der Waals surface area contributed by atoms with Crippen molar-refractivity contribution in [2.24, 2.45) is 0 Å². The summed E-state index contributed by atoms with van der Waals surface area (Å²) in [7, 11) is 1.97. The monoisotopic (exact) mass is 254 g/mol. The number of hydrogen-bond acceptors (Lipinski definition) is 5. The minimum absolute atomic E-state index is 0.285. The maximum Gasteiger partial charge on any atom is 0.222 e. The van der Waals surface area contributed by atoms with Crippen LogP contribution in [0.3, 0.4) is 0 Å². The highest BCUT2D eigenvalue weighted by Crippen LogP contribution is 2.24. The number of fused-ring (bicyclic) bond motifs is 1. The lowest BCUT2D eigenvalue weighted by Gasteiger charge is -2.19. The Hall–Kier alpha value is -2.56. The summed E-state index contributed by atoms with van der Waals surface area (Å²) in [5, 5.41) is 0.989. The van der Waals surface area contributed by atoms with Crippen molar-refractivity contribution >= 4 is 22.7 Å². The minimum Gasteiger partial charge on any atom is -0.472 e. The number of nitrogens with zero attached hydrogens (tertiary/aromatic N) is 3. The largest absolute Gasteiger partial charge is 0.472 e. The molecule has 0 saturated heterocycles. The van der Waals surface area contributed by atoms with Crippen molar-refractivity contribution in [2.75, 3.05) is 17.7 Å². The number of nitrogen functional groups attached to an aromatic ring is 1. The Morgan fingerprint density at radius 3 is 2.84 bits per heavy atom. The van der Waals surface area contributed by atoms with Crippen molar-refractivity contribution in [3.8, 4) is 0 Å². The van der Waals surface area contributed by atoms with Gasteiger partial charge in [0.25, 0.3) is 0 Å². The van der Waals surface area contributed by atoms with Crippen LogP contribution in [0.1, 0.15) is 5.56 Å². The first-order valence-electron chi connectivity index (χ1n) is 5.98. The normalized spacial score (nSPS) is 10.8. The van der Waals surface area contributed by atoms with E-state index in [1.165, 1.54) is 0 Å². The van der Waals surface area contributed by atoms with Gasteiger partial charge in [0, 0.05) is 24.5 Å². The Bertz CT molecular complexity index is 694. The van der Waals surface area contributed by atoms with Gasteiger partial charge in [-0.15, -0.1) is 0 Å². The Labute approximate surface area is 110 Å². The van der Waals surface area contributed by atoms with E-state index in [-0.39, 0.29) is 5.95 Å². The summed E-state index contributed by atoms with van der Waals surface area (Å²) in [6, 6.07) is 9.77. The van der Waals surface area contributed by atoms with Crippen molar-refractivity contribution in [3.05, 3.63) is 48.4 Å². The van der Waals surface area contributed by atoms with Gasteiger partial charge in [0.15, 0.2) is 0 Å². The van der Waals surface area contributed by atoms with Crippen molar-refractivity contribution in [3.63, 3.8) is 0 Å². The molecule has 0 unspecified atom stereocenters. The molecular formula is C14H14N4O. The van der Waals surface area contributed by atoms with Crippen LogP contribution in [-0.2, 0) is 6.54 Å². The summed E-state index contributed by atoms with van der Waals surface area (Å²) in [4.78, 5) is 10.6. The number of rotatable bonds is 3. The van der Waals surface area contributed by atoms with Crippen molar-refractivity contribution in [1.29, 1.82) is 0 Å². The molecule has 0 atom stereocenters. The number of furan rings is 1. The van der Waals surface area contributed by atoms with E-state index in [2.05, 4.69) is 9.97 Å². The summed E-state index contributed by atoms with van der Waals surface area (Å²) >= 11 is 0. The molecule has 0 spiro atoms. The van der Waals surface area contributed by atoms with Gasteiger partial charge in [-0.25, -0.2) is 4.98 Å². The van der Waals surface area contributed by atoms with E-state index in [0.717, 1.165) is 22.3 Å². The van der Waals surface area contributed by atoms with Crippen LogP contribution >= 0.6 is 0 Å². The van der Waals surface area contributed by atoms with Gasteiger partial charge >= 0.3 is 0 Å². The number of benzene rings is 1. The maximum absolute atomic E-state index is 5.77. The molecular weight excluding hydrogens is 240 g/mol. The van der Waals surface area contributed by atoms with Crippen LogP contribution in [0.2, 0.25) is 0 Å². The molecule has 3 aromatic rings. The minimum atomic E-state index is 0.285. The molecule has 2 heterocycles. The fraction of sp³-hybridized carbons (Fsp3) is 0.143. The molecule has 5 heteroatoms. The van der Waals surface area contributed by atoms with Crippen LogP contribution in [0.25, 0.3) is 10.9 Å². The van der Waals surface area contributed by atoms with Gasteiger partial charge < -0.3 is 15.1 Å². The first-order valence-corrected chi connectivity index (χ1v) is 5.98. The zero-order valence-electron chi connectivity index (χ0n) is 10.6. The molecule has 0 saturated carbocycles. The zero-order valence-corrected chi connectivity index (χ0v) is 10.6. The van der Waals surface area contributed by atoms with Crippen LogP contribution in [0.15, 0.2) is 47.3 Å². The maximum atomic E-state index is 5.77. The van der Waals surface area contributed by atoms with E-state index in [1.54, 1.807) is 12.5 Å². The third-order valence-electron chi connectivity index (χ3n) is 2.96. The number of aromatic nitrogens is 2. The van der Waals surface area contributed by atoms with E-state index < -0.39 is 0 Å². The smallest absolute Gasteiger partial charge is 0.222 e. The highest BCUT2D eigenvalue weighted by molar-refractivity contribution is 5.90. The molecule has 5 nitrogen and oxygen atoms in total. The van der Waals surface area contributed by atoms with Gasteiger partial charge in [0.05, 0.1) is 18.0 Å². The molecule has 2 N–H and O–H groups in total. The second-order valence-corrected chi connectivity index (χ2v) is 4.41. The Morgan fingerprint density at radius 1 is 1.21 bits per heavy atom. The molecule has 0 radical (unpaired) electrons. The van der Waals surface area contributed by atoms with Crippen LogP contribution in [0.5, 0.6) is 0 Å². The van der Waals surface area contributed by atoms with E-state index in [9.17, 15) is 0 Å². The molecule has 0 amide bonds. The average molecular weight is 254 g/mol. The molecule has 2 aromatic heterocycles. The summed E-state index contributed by atoms with van der Waals surface area (Å²) in [6.07, 6.45) is 3.39. The van der Waals surface area contributed by atoms with Gasteiger partial charge in [-0.1, -0.05) is 12.1 Å². The summed E-state index contributed by atoms with van der Waals surface area (Å²) in [6.45, 7) is 0.705. The summed E-state index contributed by atoms with van der Waals surface area (Å²) in [5.74, 6) is 1.11. The fourth-order valence-electron chi connectivity index (χ4n) is 2.10. The predicted molar refractivity (Wildman–Crippen MR) is 74.8 cm³/mol. The molecule has 0 aliphatic carbocycles. The molecule has 1 aromatic carbocycles. The number of anilines is 2. The number of para-hydroxylation sites is 1. The highest BCUT2D eigenvalue weighted by atomic mass is 16.3. The Kier molecular flexibility index (Phi) is 2.79. The first-order chi connectivity index (χ1) is 9.24. The molecule has 0 aliphatic heterocycles. The lowest BCUT2D eigenvalue weighted by molar-refractivity contribution is 0.563. The Balaban J connectivity index is 2.03. The fourth-order valence-corrected chi connectivity index (χ4v) is 2.10. The topological polar surface area (TPSA) is 68.2 Å². The Morgan fingerprint density at radius 2 is 2.05 bits per heavy atom. The summed E-state index contributed by atoms with van der Waals surface area (Å²) < 4.78 is 5.08. The second kappa shape index (κ2) is 4.61. The van der Waals surface area contributed by atoms with Gasteiger partial charge in [-0.3, -0.25) is 0 Å². The molecule has 96 valence electrons. The van der Waals surface area contributed by atoms with Gasteiger partial charge in [0.1, 0.15) is 5.82 Å². The van der Waals surface area contributed by atoms with Gasteiger partial charge in [-0.05, 0) is 18.2 Å². The zero-order chi connectivity index (χ0) is 13.2. The van der Waals surface area contributed by atoms with Crippen LogP contribution in [0, 0.1) is 0 Å². The average Bonchev–Trinajstić information content (AvgIpc) is 2.90. The quantitative estimate of drug-likeness (QED) is 0.777. The van der Waals surface area contributed by atoms with Crippen LogP contribution in [0.4, 0.5) is 11.8 Å². The van der Waals surface area contributed by atoms with Crippen molar-refractivity contribution in [1.82, 2.24) is 9.97 Å². The predicted octanol–water partition coefficient (Wildman–Crippen LogP) is 2.44. The SMILES string of the molecule is CN(Cc1ccoc1)c1nc(N)nc2ccccc12. The molecule has 0 fully saturated rings. The van der Waals surface area contributed by atoms with Gasteiger partial charge in [-0.2, -0.15) is 4.98 Å². The van der Waals surface area contributed by atoms with Crippen LogP contribution < -0.4 is 10.6 Å². The lowest BCUT2D eigenvalue weighted by Crippen LogP contribution is -2.18. The first kappa shape index (κ1) is 11.5. The van der Waals surface area contributed by atoms with E-state index in [1.807, 2.05) is 42.3 Å². The standard InChI is InChI=1S/C14H14N4O/c1-18(8-10-6-7-19-9-10)13-11-4-2-3-5-12(11)16-14(15)17-13/h2-7,9H,8H2,1H3,(H2,15,16,17).